The second kappa shape index (κ2) is 8.25. The Labute approximate surface area is 174 Å². The van der Waals surface area contributed by atoms with Gasteiger partial charge in [-0.25, -0.2) is 5.10 Å². The van der Waals surface area contributed by atoms with E-state index in [9.17, 15) is 9.90 Å². The van der Waals surface area contributed by atoms with Crippen LogP contribution in [0.5, 0.6) is 5.75 Å². The van der Waals surface area contributed by atoms with Crippen molar-refractivity contribution in [3.63, 3.8) is 0 Å². The number of fused-ring (bicyclic) bond motifs is 1. The van der Waals surface area contributed by atoms with Gasteiger partial charge in [-0.15, -0.1) is 0 Å². The molecule has 2 aromatic heterocycles. The lowest BCUT2D eigenvalue weighted by Crippen LogP contribution is -2.21. The fourth-order valence-corrected chi connectivity index (χ4v) is 4.49. The van der Waals surface area contributed by atoms with Gasteiger partial charge in [0.25, 0.3) is 0 Å². The van der Waals surface area contributed by atoms with Crippen molar-refractivity contribution in [2.24, 2.45) is 0 Å². The van der Waals surface area contributed by atoms with Crippen LogP contribution in [0.25, 0.3) is 0 Å². The number of aryl methyl sites for hydroxylation is 2. The minimum Gasteiger partial charge on any atom is -0.507 e. The highest BCUT2D eigenvalue weighted by Crippen LogP contribution is 2.36. The molecular weight excluding hydrogens is 382 g/mol. The number of carbonyl (C=O) groups is 1. The van der Waals surface area contributed by atoms with Crippen LogP contribution in [0.3, 0.4) is 0 Å². The Morgan fingerprint density at radius 3 is 2.77 bits per heavy atom. The van der Waals surface area contributed by atoms with E-state index < -0.39 is 0 Å². The molecule has 0 fully saturated rings. The van der Waals surface area contributed by atoms with Gasteiger partial charge in [0.1, 0.15) is 12.3 Å². The molecule has 4 rings (SSSR count). The molecule has 1 aliphatic rings. The maximum absolute atomic E-state index is 12.4. The highest BCUT2D eigenvalue weighted by atomic mass is 16.3. The van der Waals surface area contributed by atoms with Crippen LogP contribution in [0.4, 0.5) is 5.95 Å². The molecule has 0 radical (unpaired) electrons. The van der Waals surface area contributed by atoms with E-state index in [2.05, 4.69) is 45.9 Å². The van der Waals surface area contributed by atoms with Gasteiger partial charge in [-0.1, -0.05) is 25.0 Å². The van der Waals surface area contributed by atoms with E-state index in [1.165, 1.54) is 16.7 Å². The molecule has 2 heterocycles. The van der Waals surface area contributed by atoms with Crippen LogP contribution in [-0.2, 0) is 43.4 Å². The summed E-state index contributed by atoms with van der Waals surface area (Å²) in [5.74, 6) is 0.435. The Balaban J connectivity index is 1.65. The van der Waals surface area contributed by atoms with Gasteiger partial charge in [0.05, 0.1) is 5.69 Å². The predicted molar refractivity (Wildman–Crippen MR) is 111 cm³/mol. The number of anilines is 1. The number of aromatic amines is 1. The number of amides is 1. The molecule has 30 heavy (non-hydrogen) atoms. The number of aromatic hydroxyl groups is 1. The Bertz CT molecular complexity index is 1070. The summed E-state index contributed by atoms with van der Waals surface area (Å²) in [6.07, 6.45) is 5.36. The summed E-state index contributed by atoms with van der Waals surface area (Å²) in [7, 11) is 0. The van der Waals surface area contributed by atoms with Gasteiger partial charge in [0, 0.05) is 17.7 Å². The lowest BCUT2D eigenvalue weighted by atomic mass is 9.92. The highest BCUT2D eigenvalue weighted by Gasteiger charge is 2.24. The zero-order chi connectivity index (χ0) is 21.3. The van der Waals surface area contributed by atoms with Gasteiger partial charge in [-0.3, -0.25) is 14.8 Å². The van der Waals surface area contributed by atoms with Crippen molar-refractivity contribution in [1.29, 1.82) is 0 Å². The number of hydrogen-bond acceptors (Lipinski definition) is 6. The molecular formula is C21H27N7O2. The Morgan fingerprint density at radius 2 is 2.07 bits per heavy atom. The van der Waals surface area contributed by atoms with Crippen LogP contribution in [0.15, 0.2) is 6.07 Å². The molecule has 1 aromatic carbocycles. The molecule has 1 aliphatic carbocycles. The normalized spacial score (nSPS) is 12.9. The number of aromatic nitrogens is 6. The van der Waals surface area contributed by atoms with Gasteiger partial charge in [-0.05, 0) is 71.7 Å². The average Bonchev–Trinajstić information content (AvgIpc) is 3.46. The number of H-pyrrole nitrogens is 1. The van der Waals surface area contributed by atoms with Crippen molar-refractivity contribution in [3.05, 3.63) is 45.3 Å². The van der Waals surface area contributed by atoms with E-state index in [4.69, 9.17) is 5.10 Å². The molecule has 0 unspecified atom stereocenters. The molecule has 9 heteroatoms. The van der Waals surface area contributed by atoms with Crippen LogP contribution in [0.1, 0.15) is 59.5 Å². The molecule has 0 spiro atoms. The van der Waals surface area contributed by atoms with E-state index in [0.29, 0.717) is 5.75 Å². The summed E-state index contributed by atoms with van der Waals surface area (Å²) < 4.78 is 1.79. The number of hydrogen-bond donors (Lipinski definition) is 3. The fourth-order valence-electron chi connectivity index (χ4n) is 4.49. The number of nitrogens with zero attached hydrogens (tertiary/aromatic N) is 5. The van der Waals surface area contributed by atoms with Crippen LogP contribution in [0, 0.1) is 6.92 Å². The zero-order valence-electron chi connectivity index (χ0n) is 17.6. The molecule has 1 amide bonds. The van der Waals surface area contributed by atoms with Gasteiger partial charge in [0.2, 0.25) is 11.9 Å². The number of phenols is 1. The van der Waals surface area contributed by atoms with Gasteiger partial charge >= 0.3 is 0 Å². The van der Waals surface area contributed by atoms with Gasteiger partial charge in [-0.2, -0.15) is 5.10 Å². The number of tetrazole rings is 1. The maximum atomic E-state index is 12.4. The van der Waals surface area contributed by atoms with Crippen molar-refractivity contribution < 1.29 is 9.90 Å². The first-order valence-electron chi connectivity index (χ1n) is 10.5. The number of carbonyl (C=O) groups excluding carboxylic acids is 1. The third-order valence-electron chi connectivity index (χ3n) is 5.84. The summed E-state index contributed by atoms with van der Waals surface area (Å²) in [5, 5.41) is 31.0. The summed E-state index contributed by atoms with van der Waals surface area (Å²) in [6, 6.07) is 2.11. The minimum absolute atomic E-state index is 0.101. The van der Waals surface area contributed by atoms with E-state index in [1.807, 2.05) is 6.92 Å². The summed E-state index contributed by atoms with van der Waals surface area (Å²) >= 11 is 0. The average molecular weight is 409 g/mol. The topological polar surface area (TPSA) is 122 Å². The zero-order valence-corrected chi connectivity index (χ0v) is 17.6. The smallest absolute Gasteiger partial charge is 0.248 e. The molecule has 0 saturated heterocycles. The van der Waals surface area contributed by atoms with Crippen LogP contribution < -0.4 is 5.32 Å². The SMILES string of the molecule is CCc1nn(CC(=O)Nc2nnn[nH]2)c(CC)c1Cc1cc(C)c(O)c2c1CCC2. The Hall–Kier alpha value is -3.23. The van der Waals surface area contributed by atoms with Crippen molar-refractivity contribution in [1.82, 2.24) is 30.4 Å². The Kier molecular flexibility index (Phi) is 5.52. The largest absolute Gasteiger partial charge is 0.507 e. The van der Waals surface area contributed by atoms with E-state index in [0.717, 1.165) is 61.0 Å². The number of rotatable bonds is 7. The fraction of sp³-hybridized carbons (Fsp3) is 0.476. The lowest BCUT2D eigenvalue weighted by Gasteiger charge is -2.14. The third kappa shape index (κ3) is 3.67. The van der Waals surface area contributed by atoms with Crippen LogP contribution in [0.2, 0.25) is 0 Å². The lowest BCUT2D eigenvalue weighted by molar-refractivity contribution is -0.117. The van der Waals surface area contributed by atoms with Crippen molar-refractivity contribution in [2.45, 2.75) is 65.8 Å². The maximum Gasteiger partial charge on any atom is 0.248 e. The molecule has 0 bridgehead atoms. The first-order valence-corrected chi connectivity index (χ1v) is 10.5. The number of phenolic OH excluding ortho intramolecular Hbond substituents is 1. The van der Waals surface area contributed by atoms with Crippen LogP contribution in [-0.4, -0.2) is 41.4 Å². The van der Waals surface area contributed by atoms with Gasteiger partial charge < -0.3 is 5.11 Å². The second-order valence-electron chi connectivity index (χ2n) is 7.72. The quantitative estimate of drug-likeness (QED) is 0.550. The summed E-state index contributed by atoms with van der Waals surface area (Å²) in [5.41, 5.74) is 7.84. The predicted octanol–water partition coefficient (Wildman–Crippen LogP) is 2.25. The molecule has 3 N–H and O–H groups in total. The number of benzene rings is 1. The summed E-state index contributed by atoms with van der Waals surface area (Å²) in [6.45, 7) is 6.23. The molecule has 0 atom stereocenters. The third-order valence-corrected chi connectivity index (χ3v) is 5.84. The van der Waals surface area contributed by atoms with Crippen LogP contribution >= 0.6 is 0 Å². The highest BCUT2D eigenvalue weighted by molar-refractivity contribution is 5.88. The van der Waals surface area contributed by atoms with E-state index >= 15 is 0 Å². The minimum atomic E-state index is -0.235. The number of nitrogens with one attached hydrogen (secondary N) is 2. The van der Waals surface area contributed by atoms with Crippen molar-refractivity contribution in [3.8, 4) is 5.75 Å². The first kappa shape index (κ1) is 20.1. The molecule has 158 valence electrons. The van der Waals surface area contributed by atoms with Crippen molar-refractivity contribution >= 4 is 11.9 Å². The molecule has 9 nitrogen and oxygen atoms in total. The monoisotopic (exact) mass is 409 g/mol. The Morgan fingerprint density at radius 1 is 1.27 bits per heavy atom. The molecule has 0 aliphatic heterocycles. The van der Waals surface area contributed by atoms with E-state index in [1.54, 1.807) is 4.68 Å². The molecule has 3 aromatic rings. The van der Waals surface area contributed by atoms with Gasteiger partial charge in [0.15, 0.2) is 0 Å². The van der Waals surface area contributed by atoms with Crippen molar-refractivity contribution in [2.75, 3.05) is 5.32 Å². The first-order chi connectivity index (χ1) is 14.5. The summed E-state index contributed by atoms with van der Waals surface area (Å²) in [4.78, 5) is 12.4. The molecule has 0 saturated carbocycles. The van der Waals surface area contributed by atoms with E-state index in [-0.39, 0.29) is 18.4 Å². The second-order valence-corrected chi connectivity index (χ2v) is 7.72. The standard InChI is InChI=1S/C21H27N7O2/c1-4-17-16(10-13-9-12(3)20(30)15-8-6-7-14(13)15)18(5-2)28(25-17)11-19(29)22-21-23-26-27-24-21/h9,30H,4-8,10-11H2,1-3H3,(H2,22,23,24,26,27,29).